The van der Waals surface area contributed by atoms with Crippen LogP contribution in [0.2, 0.25) is 0 Å². The molecule has 1 aromatic heterocycles. The van der Waals surface area contributed by atoms with Gasteiger partial charge in [-0.2, -0.15) is 0 Å². The number of nitrogens with zero attached hydrogens (tertiary/aromatic N) is 2. The summed E-state index contributed by atoms with van der Waals surface area (Å²) in [5.74, 6) is 1.47. The summed E-state index contributed by atoms with van der Waals surface area (Å²) < 4.78 is 5.84. The van der Waals surface area contributed by atoms with Crippen LogP contribution >= 0.6 is 12.4 Å². The van der Waals surface area contributed by atoms with Crippen LogP contribution in [0.1, 0.15) is 34.7 Å². The predicted molar refractivity (Wildman–Crippen MR) is 122 cm³/mol. The van der Waals surface area contributed by atoms with Crippen molar-refractivity contribution in [1.82, 2.24) is 9.88 Å². The van der Waals surface area contributed by atoms with Crippen molar-refractivity contribution in [2.24, 2.45) is 0 Å². The molecule has 0 spiro atoms. The van der Waals surface area contributed by atoms with Crippen LogP contribution in [-0.2, 0) is 13.0 Å². The summed E-state index contributed by atoms with van der Waals surface area (Å²) in [6.45, 7) is 6.32. The minimum atomic E-state index is 0. The molecule has 0 aliphatic carbocycles. The van der Waals surface area contributed by atoms with E-state index in [4.69, 9.17) is 9.72 Å². The Hall–Kier alpha value is -2.30. The van der Waals surface area contributed by atoms with E-state index in [1.165, 1.54) is 27.8 Å². The van der Waals surface area contributed by atoms with Crippen LogP contribution in [0.5, 0.6) is 5.75 Å². The fourth-order valence-electron chi connectivity index (χ4n) is 4.98. The van der Waals surface area contributed by atoms with E-state index < -0.39 is 0 Å². The lowest BCUT2D eigenvalue weighted by Crippen LogP contribution is -2.20. The average molecular weight is 410 g/mol. The highest BCUT2D eigenvalue weighted by Crippen LogP contribution is 2.44. The molecule has 1 N–H and O–H groups in total. The Balaban J connectivity index is 0.00000205. The van der Waals surface area contributed by atoms with Crippen molar-refractivity contribution in [2.45, 2.75) is 32.2 Å². The van der Waals surface area contributed by atoms with Crippen LogP contribution < -0.4 is 10.1 Å². The van der Waals surface area contributed by atoms with E-state index in [1.807, 2.05) is 0 Å². The molecule has 152 valence electrons. The van der Waals surface area contributed by atoms with Crippen molar-refractivity contribution in [3.63, 3.8) is 0 Å². The third-order valence-corrected chi connectivity index (χ3v) is 6.29. The van der Waals surface area contributed by atoms with Gasteiger partial charge < -0.3 is 10.1 Å². The Kier molecular flexibility index (Phi) is 5.66. The summed E-state index contributed by atoms with van der Waals surface area (Å²) in [6, 6.07) is 15.0. The number of fused-ring (bicyclic) bond motifs is 3. The lowest BCUT2D eigenvalue weighted by atomic mass is 9.91. The number of nitrogens with one attached hydrogen (secondary N) is 1. The van der Waals surface area contributed by atoms with Crippen molar-refractivity contribution in [3.8, 4) is 5.75 Å². The maximum atomic E-state index is 5.84. The predicted octanol–water partition coefficient (Wildman–Crippen LogP) is 4.93. The van der Waals surface area contributed by atoms with Gasteiger partial charge in [-0.15, -0.1) is 12.4 Å². The second kappa shape index (κ2) is 8.21. The molecule has 0 radical (unpaired) electrons. The van der Waals surface area contributed by atoms with E-state index in [0.717, 1.165) is 56.0 Å². The number of methoxy groups -OCH3 is 1. The van der Waals surface area contributed by atoms with Gasteiger partial charge in [-0.1, -0.05) is 30.3 Å². The number of pyridine rings is 1. The monoisotopic (exact) mass is 409 g/mol. The summed E-state index contributed by atoms with van der Waals surface area (Å²) in [6.07, 6.45) is 2.22. The molecule has 1 saturated heterocycles. The Bertz CT molecular complexity index is 1020. The number of ether oxygens (including phenoxy) is 1. The molecule has 1 fully saturated rings. The van der Waals surface area contributed by atoms with Gasteiger partial charge in [0, 0.05) is 47.9 Å². The lowest BCUT2D eigenvalue weighted by molar-refractivity contribution is 0.325. The van der Waals surface area contributed by atoms with E-state index in [0.29, 0.717) is 5.92 Å². The van der Waals surface area contributed by atoms with E-state index in [9.17, 15) is 0 Å². The van der Waals surface area contributed by atoms with Gasteiger partial charge in [-0.05, 0) is 49.6 Å². The second-order valence-corrected chi connectivity index (χ2v) is 8.01. The summed E-state index contributed by atoms with van der Waals surface area (Å²) >= 11 is 0. The van der Waals surface area contributed by atoms with Gasteiger partial charge in [-0.3, -0.25) is 9.88 Å². The van der Waals surface area contributed by atoms with Crippen LogP contribution in [0.3, 0.4) is 0 Å². The first-order valence-electron chi connectivity index (χ1n) is 10.2. The number of anilines is 1. The first-order valence-corrected chi connectivity index (χ1v) is 10.2. The number of hydrogen-bond donors (Lipinski definition) is 1. The molecule has 2 aliphatic rings. The zero-order valence-electron chi connectivity index (χ0n) is 17.1. The van der Waals surface area contributed by atoms with Gasteiger partial charge in [0.05, 0.1) is 12.6 Å². The van der Waals surface area contributed by atoms with E-state index in [1.54, 1.807) is 7.11 Å². The van der Waals surface area contributed by atoms with Crippen LogP contribution in [0.25, 0.3) is 10.9 Å². The van der Waals surface area contributed by atoms with Gasteiger partial charge >= 0.3 is 0 Å². The SMILES string of the molecule is COc1ccc2nc(C)c3c(c2c1C1CCN(Cc2ccccc2)C1)NCC3.Cl. The van der Waals surface area contributed by atoms with Gasteiger partial charge in [0.25, 0.3) is 0 Å². The van der Waals surface area contributed by atoms with Gasteiger partial charge in [-0.25, -0.2) is 0 Å². The highest BCUT2D eigenvalue weighted by molar-refractivity contribution is 5.99. The molecule has 3 heterocycles. The molecule has 0 bridgehead atoms. The number of aromatic nitrogens is 1. The number of aryl methyl sites for hydroxylation is 1. The minimum Gasteiger partial charge on any atom is -0.496 e. The molecule has 5 heteroatoms. The maximum absolute atomic E-state index is 5.84. The van der Waals surface area contributed by atoms with Crippen LogP contribution in [0.15, 0.2) is 42.5 Å². The normalized spacial score (nSPS) is 18.3. The summed E-state index contributed by atoms with van der Waals surface area (Å²) in [4.78, 5) is 7.50. The molecule has 5 rings (SSSR count). The first-order chi connectivity index (χ1) is 13.7. The largest absolute Gasteiger partial charge is 0.496 e. The maximum Gasteiger partial charge on any atom is 0.123 e. The zero-order valence-corrected chi connectivity index (χ0v) is 17.9. The second-order valence-electron chi connectivity index (χ2n) is 8.01. The third kappa shape index (κ3) is 3.56. The number of halogens is 1. The standard InChI is InChI=1S/C24H27N3O.ClH/c1-16-19-10-12-25-24(19)23-20(26-16)8-9-21(28-2)22(23)18-11-13-27(15-18)14-17-6-4-3-5-7-17;/h3-9,18,25H,10-15H2,1-2H3;1H. The molecule has 2 aromatic carbocycles. The van der Waals surface area contributed by atoms with Crippen molar-refractivity contribution >= 4 is 29.0 Å². The van der Waals surface area contributed by atoms with Crippen molar-refractivity contribution < 1.29 is 4.74 Å². The highest BCUT2D eigenvalue weighted by Gasteiger charge is 2.30. The van der Waals surface area contributed by atoms with Crippen LogP contribution in [0, 0.1) is 6.92 Å². The number of benzene rings is 2. The van der Waals surface area contributed by atoms with Crippen molar-refractivity contribution in [1.29, 1.82) is 0 Å². The minimum absolute atomic E-state index is 0. The van der Waals surface area contributed by atoms with Crippen molar-refractivity contribution in [2.75, 3.05) is 32.1 Å². The fraction of sp³-hybridized carbons (Fsp3) is 0.375. The highest BCUT2D eigenvalue weighted by atomic mass is 35.5. The average Bonchev–Trinajstić information content (AvgIpc) is 3.38. The number of likely N-dealkylation sites (tertiary alicyclic amines) is 1. The molecule has 1 atom stereocenters. The molecule has 0 saturated carbocycles. The van der Waals surface area contributed by atoms with Crippen LogP contribution in [0.4, 0.5) is 5.69 Å². The van der Waals surface area contributed by atoms with E-state index in [2.05, 4.69) is 59.6 Å². The Morgan fingerprint density at radius 1 is 1.17 bits per heavy atom. The number of hydrogen-bond acceptors (Lipinski definition) is 4. The van der Waals surface area contributed by atoms with E-state index >= 15 is 0 Å². The molecule has 4 nitrogen and oxygen atoms in total. The smallest absolute Gasteiger partial charge is 0.123 e. The molecule has 1 unspecified atom stereocenters. The molecular weight excluding hydrogens is 382 g/mol. The Morgan fingerprint density at radius 3 is 2.79 bits per heavy atom. The summed E-state index contributed by atoms with van der Waals surface area (Å²) in [5, 5.41) is 4.92. The first kappa shape index (κ1) is 20.0. The fourth-order valence-corrected chi connectivity index (χ4v) is 4.98. The van der Waals surface area contributed by atoms with Gasteiger partial charge in [0.1, 0.15) is 5.75 Å². The lowest BCUT2D eigenvalue weighted by Gasteiger charge is -2.21. The molecular formula is C24H28ClN3O. The Labute approximate surface area is 178 Å². The molecule has 0 amide bonds. The third-order valence-electron chi connectivity index (χ3n) is 6.29. The molecule has 2 aliphatic heterocycles. The van der Waals surface area contributed by atoms with E-state index in [-0.39, 0.29) is 12.4 Å². The summed E-state index contributed by atoms with van der Waals surface area (Å²) in [5.41, 5.74) is 7.63. The zero-order chi connectivity index (χ0) is 19.1. The van der Waals surface area contributed by atoms with Crippen molar-refractivity contribution in [3.05, 3.63) is 64.8 Å². The molecule has 3 aromatic rings. The topological polar surface area (TPSA) is 37.4 Å². The quantitative estimate of drug-likeness (QED) is 0.662. The van der Waals surface area contributed by atoms with Gasteiger partial charge in [0.15, 0.2) is 0 Å². The van der Waals surface area contributed by atoms with Crippen LogP contribution in [-0.4, -0.2) is 36.6 Å². The molecule has 29 heavy (non-hydrogen) atoms. The summed E-state index contributed by atoms with van der Waals surface area (Å²) in [7, 11) is 1.79. The van der Waals surface area contributed by atoms with Gasteiger partial charge in [0.2, 0.25) is 0 Å². The Morgan fingerprint density at radius 2 is 2.00 bits per heavy atom. The number of rotatable bonds is 4.